The first-order chi connectivity index (χ1) is 12.3. The zero-order valence-electron chi connectivity index (χ0n) is 16.2. The van der Waals surface area contributed by atoms with E-state index in [0.717, 1.165) is 43.3 Å². The molecule has 0 bridgehead atoms. The predicted octanol–water partition coefficient (Wildman–Crippen LogP) is 1.52. The number of hydrogen-bond donors (Lipinski definition) is 2. The van der Waals surface area contributed by atoms with E-state index < -0.39 is 10.0 Å². The van der Waals surface area contributed by atoms with Crippen molar-refractivity contribution in [3.05, 3.63) is 17.5 Å². The lowest BCUT2D eigenvalue weighted by molar-refractivity contribution is 0.275. The van der Waals surface area contributed by atoms with Gasteiger partial charge in [-0.2, -0.15) is 0 Å². The average Bonchev–Trinajstić information content (AvgIpc) is 3.06. The van der Waals surface area contributed by atoms with Crippen LogP contribution in [0, 0.1) is 5.92 Å². The topological polar surface area (TPSA) is 99.8 Å². The van der Waals surface area contributed by atoms with E-state index in [1.165, 1.54) is 6.26 Å². The Morgan fingerprint density at radius 3 is 2.62 bits per heavy atom. The number of sulfonamides is 1. The van der Waals surface area contributed by atoms with Crippen LogP contribution < -0.4 is 10.6 Å². The first kappa shape index (κ1) is 20.7. The molecule has 26 heavy (non-hydrogen) atoms. The second-order valence-corrected chi connectivity index (χ2v) is 9.04. The zero-order valence-corrected chi connectivity index (χ0v) is 17.0. The van der Waals surface area contributed by atoms with Gasteiger partial charge in [0.25, 0.3) is 0 Å². The molecule has 9 heteroatoms. The fraction of sp³-hybridized carbons (Fsp3) is 0.765. The van der Waals surface area contributed by atoms with E-state index in [2.05, 4.69) is 34.6 Å². The van der Waals surface area contributed by atoms with Gasteiger partial charge < -0.3 is 15.2 Å². The van der Waals surface area contributed by atoms with Crippen LogP contribution in [-0.4, -0.2) is 56.3 Å². The Labute approximate surface area is 156 Å². The monoisotopic (exact) mass is 385 g/mol. The number of nitrogens with one attached hydrogen (secondary N) is 2. The Balaban J connectivity index is 1.84. The van der Waals surface area contributed by atoms with Gasteiger partial charge >= 0.3 is 0 Å². The minimum atomic E-state index is -3.07. The summed E-state index contributed by atoms with van der Waals surface area (Å²) in [6.45, 7) is 9.33. The normalized spacial score (nSPS) is 17.7. The largest absolute Gasteiger partial charge is 0.359 e. The predicted molar refractivity (Wildman–Crippen MR) is 103 cm³/mol. The number of piperidine rings is 1. The third kappa shape index (κ3) is 6.28. The number of nitrogens with zero attached hydrogens (tertiary/aromatic N) is 3. The van der Waals surface area contributed by atoms with Gasteiger partial charge in [0.2, 0.25) is 10.0 Å². The van der Waals surface area contributed by atoms with Gasteiger partial charge in [0.1, 0.15) is 6.54 Å². The molecule has 0 aliphatic carbocycles. The number of aromatic nitrogens is 1. The molecule has 1 saturated heterocycles. The van der Waals surface area contributed by atoms with Gasteiger partial charge in [0.05, 0.1) is 11.9 Å². The van der Waals surface area contributed by atoms with Crippen LogP contribution in [0.15, 0.2) is 15.6 Å². The van der Waals surface area contributed by atoms with Gasteiger partial charge in [-0.25, -0.2) is 17.7 Å². The minimum Gasteiger partial charge on any atom is -0.359 e. The van der Waals surface area contributed by atoms with Crippen molar-refractivity contribution < 1.29 is 12.9 Å². The lowest BCUT2D eigenvalue weighted by atomic mass is 9.98. The van der Waals surface area contributed by atoms with Crippen molar-refractivity contribution in [2.24, 2.45) is 10.9 Å². The van der Waals surface area contributed by atoms with Crippen molar-refractivity contribution in [2.45, 2.75) is 46.1 Å². The summed E-state index contributed by atoms with van der Waals surface area (Å²) in [5, 5.41) is 10.6. The van der Waals surface area contributed by atoms with Crippen molar-refractivity contribution in [3.8, 4) is 0 Å². The SMILES string of the molecule is CCNC(=NCc1cc(C(C)C)no1)NCC1CCN(S(C)(=O)=O)CC1. The quantitative estimate of drug-likeness (QED) is 0.545. The Morgan fingerprint density at radius 1 is 1.38 bits per heavy atom. The number of rotatable bonds is 7. The van der Waals surface area contributed by atoms with E-state index in [0.29, 0.717) is 31.5 Å². The lowest BCUT2D eigenvalue weighted by Gasteiger charge is -2.30. The fourth-order valence-corrected chi connectivity index (χ4v) is 3.73. The third-order valence-corrected chi connectivity index (χ3v) is 5.81. The first-order valence-electron chi connectivity index (χ1n) is 9.22. The van der Waals surface area contributed by atoms with Crippen molar-refractivity contribution >= 4 is 16.0 Å². The summed E-state index contributed by atoms with van der Waals surface area (Å²) in [6, 6.07) is 1.94. The van der Waals surface area contributed by atoms with Crippen molar-refractivity contribution in [3.63, 3.8) is 0 Å². The van der Waals surface area contributed by atoms with Crippen LogP contribution in [-0.2, 0) is 16.6 Å². The lowest BCUT2D eigenvalue weighted by Crippen LogP contribution is -2.44. The Morgan fingerprint density at radius 2 is 2.08 bits per heavy atom. The van der Waals surface area contributed by atoms with Gasteiger partial charge in [-0.15, -0.1) is 0 Å². The van der Waals surface area contributed by atoms with Crippen LogP contribution in [0.25, 0.3) is 0 Å². The second-order valence-electron chi connectivity index (χ2n) is 7.05. The van der Waals surface area contributed by atoms with Crippen LogP contribution in [0.1, 0.15) is 51.0 Å². The van der Waals surface area contributed by atoms with E-state index >= 15 is 0 Å². The molecule has 1 fully saturated rings. The van der Waals surface area contributed by atoms with E-state index in [-0.39, 0.29) is 0 Å². The maximum Gasteiger partial charge on any atom is 0.211 e. The molecule has 1 aromatic rings. The molecule has 0 radical (unpaired) electrons. The van der Waals surface area contributed by atoms with Crippen LogP contribution in [0.4, 0.5) is 0 Å². The van der Waals surface area contributed by atoms with Gasteiger partial charge in [0.15, 0.2) is 11.7 Å². The van der Waals surface area contributed by atoms with Crippen molar-refractivity contribution in [1.29, 1.82) is 0 Å². The highest BCUT2D eigenvalue weighted by Crippen LogP contribution is 2.18. The van der Waals surface area contributed by atoms with Crippen molar-refractivity contribution in [1.82, 2.24) is 20.1 Å². The molecule has 0 spiro atoms. The molecule has 8 nitrogen and oxygen atoms in total. The van der Waals surface area contributed by atoms with Crippen LogP contribution >= 0.6 is 0 Å². The number of guanidine groups is 1. The summed E-state index contributed by atoms with van der Waals surface area (Å²) in [5.74, 6) is 2.25. The molecular formula is C17H31N5O3S. The van der Waals surface area contributed by atoms with Crippen LogP contribution in [0.3, 0.4) is 0 Å². The Hall–Kier alpha value is -1.61. The molecule has 1 aliphatic heterocycles. The molecule has 2 rings (SSSR count). The van der Waals surface area contributed by atoms with Gasteiger partial charge in [-0.3, -0.25) is 0 Å². The average molecular weight is 386 g/mol. The highest BCUT2D eigenvalue weighted by atomic mass is 32.2. The fourth-order valence-electron chi connectivity index (χ4n) is 2.86. The molecule has 148 valence electrons. The van der Waals surface area contributed by atoms with Crippen LogP contribution in [0.2, 0.25) is 0 Å². The molecule has 1 aliphatic rings. The highest BCUT2D eigenvalue weighted by Gasteiger charge is 2.24. The third-order valence-electron chi connectivity index (χ3n) is 4.51. The maximum absolute atomic E-state index is 11.6. The smallest absolute Gasteiger partial charge is 0.211 e. The molecule has 0 amide bonds. The Bertz CT molecular complexity index is 691. The molecule has 2 N–H and O–H groups in total. The van der Waals surface area contributed by atoms with Crippen molar-refractivity contribution in [2.75, 3.05) is 32.4 Å². The van der Waals surface area contributed by atoms with Gasteiger partial charge in [-0.05, 0) is 31.6 Å². The molecule has 0 unspecified atom stereocenters. The standard InChI is InChI=1S/C17H31N5O3S/c1-5-18-17(20-12-15-10-16(13(2)3)21-25-15)19-11-14-6-8-22(9-7-14)26(4,23)24/h10,13-14H,5-9,11-12H2,1-4H3,(H2,18,19,20). The summed E-state index contributed by atoms with van der Waals surface area (Å²) in [7, 11) is -3.07. The molecule has 0 saturated carbocycles. The summed E-state index contributed by atoms with van der Waals surface area (Å²) < 4.78 is 30.0. The van der Waals surface area contributed by atoms with E-state index in [1.54, 1.807) is 4.31 Å². The number of hydrogen-bond acceptors (Lipinski definition) is 5. The summed E-state index contributed by atoms with van der Waals surface area (Å²) in [6.07, 6.45) is 2.99. The Kier molecular flexibility index (Phi) is 7.45. The van der Waals surface area contributed by atoms with E-state index in [1.807, 2.05) is 13.0 Å². The number of aliphatic imine (C=N–C) groups is 1. The minimum absolute atomic E-state index is 0.334. The molecule has 1 aromatic heterocycles. The van der Waals surface area contributed by atoms with Crippen LogP contribution in [0.5, 0.6) is 0 Å². The summed E-state index contributed by atoms with van der Waals surface area (Å²) >= 11 is 0. The molecule has 0 aromatic carbocycles. The van der Waals surface area contributed by atoms with E-state index in [4.69, 9.17) is 4.52 Å². The highest BCUT2D eigenvalue weighted by molar-refractivity contribution is 7.88. The first-order valence-corrected chi connectivity index (χ1v) is 11.1. The molecule has 2 heterocycles. The molecular weight excluding hydrogens is 354 g/mol. The van der Waals surface area contributed by atoms with Gasteiger partial charge in [-0.1, -0.05) is 19.0 Å². The summed E-state index contributed by atoms with van der Waals surface area (Å²) in [5.41, 5.74) is 0.936. The maximum atomic E-state index is 11.6. The van der Waals surface area contributed by atoms with E-state index in [9.17, 15) is 8.42 Å². The summed E-state index contributed by atoms with van der Waals surface area (Å²) in [4.78, 5) is 4.55. The molecule has 0 atom stereocenters. The second kappa shape index (κ2) is 9.36. The van der Waals surface area contributed by atoms with Gasteiger partial charge in [0, 0.05) is 32.2 Å². The zero-order chi connectivity index (χ0) is 19.2.